The summed E-state index contributed by atoms with van der Waals surface area (Å²) in [6, 6.07) is 18.0. The fourth-order valence-electron chi connectivity index (χ4n) is 3.32. The number of hydrogen-bond donors (Lipinski definition) is 1. The van der Waals surface area contributed by atoms with E-state index in [4.69, 9.17) is 11.6 Å². The van der Waals surface area contributed by atoms with Crippen molar-refractivity contribution in [2.75, 3.05) is 4.90 Å². The largest absolute Gasteiger partial charge is 0.507 e. The molecule has 1 aromatic heterocycles. The molecule has 1 aliphatic rings. The van der Waals surface area contributed by atoms with E-state index in [1.807, 2.05) is 12.1 Å². The van der Waals surface area contributed by atoms with Crippen molar-refractivity contribution in [2.24, 2.45) is 0 Å². The molecule has 1 unspecified atom stereocenters. The summed E-state index contributed by atoms with van der Waals surface area (Å²) >= 11 is 9.36. The Morgan fingerprint density at radius 1 is 1.03 bits per heavy atom. The number of nitrogens with zero attached hydrogens (tertiary/aromatic N) is 2. The Morgan fingerprint density at radius 3 is 2.45 bits per heavy atom. The van der Waals surface area contributed by atoms with Crippen LogP contribution >= 0.6 is 27.5 Å². The van der Waals surface area contributed by atoms with E-state index in [9.17, 15) is 14.7 Å². The molecule has 5 nitrogen and oxygen atoms in total. The Morgan fingerprint density at radius 2 is 1.79 bits per heavy atom. The number of aromatic nitrogens is 1. The summed E-state index contributed by atoms with van der Waals surface area (Å²) in [6.07, 6.45) is 1.55. The summed E-state index contributed by atoms with van der Waals surface area (Å²) in [7, 11) is 0. The normalized spacial score (nSPS) is 18.3. The molecule has 3 aromatic rings. The maximum Gasteiger partial charge on any atom is 0.301 e. The highest BCUT2D eigenvalue weighted by atomic mass is 79.9. The molecule has 2 heterocycles. The predicted octanol–water partition coefficient (Wildman–Crippen LogP) is 5.12. The third-order valence-electron chi connectivity index (χ3n) is 4.62. The summed E-state index contributed by atoms with van der Waals surface area (Å²) in [6.45, 7) is 0. The van der Waals surface area contributed by atoms with Crippen LogP contribution in [0.2, 0.25) is 5.02 Å². The average Bonchev–Trinajstić information content (AvgIpc) is 2.99. The maximum absolute atomic E-state index is 13.0. The first-order valence-corrected chi connectivity index (χ1v) is 9.88. The summed E-state index contributed by atoms with van der Waals surface area (Å²) in [4.78, 5) is 31.5. The van der Waals surface area contributed by atoms with E-state index >= 15 is 0 Å². The van der Waals surface area contributed by atoms with Gasteiger partial charge >= 0.3 is 5.91 Å². The van der Waals surface area contributed by atoms with E-state index in [1.165, 1.54) is 4.90 Å². The highest BCUT2D eigenvalue weighted by Gasteiger charge is 2.47. The second kappa shape index (κ2) is 7.81. The van der Waals surface area contributed by atoms with Crippen LogP contribution in [0.25, 0.3) is 5.76 Å². The van der Waals surface area contributed by atoms with Crippen LogP contribution in [-0.2, 0) is 9.59 Å². The van der Waals surface area contributed by atoms with Crippen LogP contribution in [0.15, 0.2) is 83.0 Å². The molecular weight excluding hydrogens is 456 g/mol. The number of anilines is 1. The molecule has 144 valence electrons. The molecule has 0 radical (unpaired) electrons. The summed E-state index contributed by atoms with van der Waals surface area (Å²) in [5.41, 5.74) is 1.06. The van der Waals surface area contributed by atoms with Gasteiger partial charge in [-0.25, -0.2) is 4.98 Å². The van der Waals surface area contributed by atoms with E-state index in [2.05, 4.69) is 20.9 Å². The SMILES string of the molecule is O=C1C(=O)N(c2ccccn2)C(c2cccc(Br)c2)/C1=C(/O)c1ccc(Cl)cc1. The first-order chi connectivity index (χ1) is 14.0. The predicted molar refractivity (Wildman–Crippen MR) is 115 cm³/mol. The third kappa shape index (κ3) is 3.57. The Hall–Kier alpha value is -2.96. The summed E-state index contributed by atoms with van der Waals surface area (Å²) < 4.78 is 0.785. The van der Waals surface area contributed by atoms with Crippen molar-refractivity contribution < 1.29 is 14.7 Å². The number of ketones is 1. The van der Waals surface area contributed by atoms with E-state index in [1.54, 1.807) is 60.8 Å². The molecule has 4 rings (SSSR count). The van der Waals surface area contributed by atoms with Crippen molar-refractivity contribution in [2.45, 2.75) is 6.04 Å². The number of rotatable bonds is 3. The van der Waals surface area contributed by atoms with Crippen molar-refractivity contribution >= 4 is 50.8 Å². The molecule has 0 saturated carbocycles. The highest BCUT2D eigenvalue weighted by Crippen LogP contribution is 2.42. The lowest BCUT2D eigenvalue weighted by Crippen LogP contribution is -2.30. The minimum Gasteiger partial charge on any atom is -0.507 e. The smallest absolute Gasteiger partial charge is 0.301 e. The molecule has 29 heavy (non-hydrogen) atoms. The molecule has 1 amide bonds. The molecule has 0 aliphatic carbocycles. The van der Waals surface area contributed by atoms with Crippen LogP contribution in [0.3, 0.4) is 0 Å². The molecule has 0 spiro atoms. The van der Waals surface area contributed by atoms with Crippen molar-refractivity contribution in [1.29, 1.82) is 0 Å². The molecule has 1 fully saturated rings. The number of carbonyl (C=O) groups is 2. The fraction of sp³-hybridized carbons (Fsp3) is 0.0455. The lowest BCUT2D eigenvalue weighted by atomic mass is 9.95. The maximum atomic E-state index is 13.0. The molecule has 0 bridgehead atoms. The van der Waals surface area contributed by atoms with Gasteiger partial charge in [0.2, 0.25) is 0 Å². The Labute approximate surface area is 180 Å². The molecule has 7 heteroatoms. The molecule has 2 aromatic carbocycles. The molecule has 1 atom stereocenters. The topological polar surface area (TPSA) is 70.5 Å². The van der Waals surface area contributed by atoms with Crippen LogP contribution in [0.1, 0.15) is 17.2 Å². The monoisotopic (exact) mass is 468 g/mol. The minimum atomic E-state index is -0.821. The quantitative estimate of drug-likeness (QED) is 0.328. The van der Waals surface area contributed by atoms with Crippen LogP contribution in [0.4, 0.5) is 5.82 Å². The van der Waals surface area contributed by atoms with Crippen molar-refractivity contribution in [3.63, 3.8) is 0 Å². The number of aliphatic hydroxyl groups excluding tert-OH is 1. The van der Waals surface area contributed by atoms with Gasteiger partial charge in [-0.3, -0.25) is 14.5 Å². The Bertz CT molecular complexity index is 1130. The first kappa shape index (κ1) is 19.4. The van der Waals surface area contributed by atoms with Gasteiger partial charge in [0.1, 0.15) is 11.6 Å². The second-order valence-electron chi connectivity index (χ2n) is 6.42. The van der Waals surface area contributed by atoms with E-state index in [-0.39, 0.29) is 11.3 Å². The van der Waals surface area contributed by atoms with Crippen molar-refractivity contribution in [3.8, 4) is 0 Å². The minimum absolute atomic E-state index is 0.000996. The Kier molecular flexibility index (Phi) is 5.22. The van der Waals surface area contributed by atoms with Gasteiger partial charge in [-0.05, 0) is 54.1 Å². The zero-order valence-electron chi connectivity index (χ0n) is 14.9. The highest BCUT2D eigenvalue weighted by molar-refractivity contribution is 9.10. The number of amides is 1. The van der Waals surface area contributed by atoms with Crippen molar-refractivity contribution in [1.82, 2.24) is 4.98 Å². The van der Waals surface area contributed by atoms with E-state index < -0.39 is 17.7 Å². The van der Waals surface area contributed by atoms with E-state index in [0.29, 0.717) is 22.0 Å². The van der Waals surface area contributed by atoms with Gasteiger partial charge in [-0.2, -0.15) is 0 Å². The molecule has 1 saturated heterocycles. The van der Waals surface area contributed by atoms with Gasteiger partial charge in [0.25, 0.3) is 5.78 Å². The fourth-order valence-corrected chi connectivity index (χ4v) is 3.86. The number of hydrogen-bond acceptors (Lipinski definition) is 4. The number of aliphatic hydroxyl groups is 1. The number of Topliss-reactive ketones (excluding diaryl/α,β-unsaturated/α-hetero) is 1. The van der Waals surface area contributed by atoms with Gasteiger partial charge in [0.05, 0.1) is 11.6 Å². The van der Waals surface area contributed by atoms with Gasteiger partial charge in [0, 0.05) is 21.3 Å². The molecular formula is C22H14BrClN2O3. The zero-order valence-corrected chi connectivity index (χ0v) is 17.3. The molecule has 1 N–H and O–H groups in total. The van der Waals surface area contributed by atoms with Crippen LogP contribution in [-0.4, -0.2) is 21.8 Å². The van der Waals surface area contributed by atoms with Crippen LogP contribution in [0.5, 0.6) is 0 Å². The lowest BCUT2D eigenvalue weighted by molar-refractivity contribution is -0.132. The number of benzene rings is 2. The van der Waals surface area contributed by atoms with E-state index in [0.717, 1.165) is 4.47 Å². The molecule has 1 aliphatic heterocycles. The third-order valence-corrected chi connectivity index (χ3v) is 5.37. The van der Waals surface area contributed by atoms with Gasteiger partial charge < -0.3 is 5.11 Å². The van der Waals surface area contributed by atoms with Crippen LogP contribution < -0.4 is 4.90 Å². The van der Waals surface area contributed by atoms with Gasteiger partial charge in [0.15, 0.2) is 0 Å². The average molecular weight is 470 g/mol. The van der Waals surface area contributed by atoms with Crippen LogP contribution in [0, 0.1) is 0 Å². The second-order valence-corrected chi connectivity index (χ2v) is 7.77. The zero-order chi connectivity index (χ0) is 20.5. The lowest BCUT2D eigenvalue weighted by Gasteiger charge is -2.24. The van der Waals surface area contributed by atoms with Gasteiger partial charge in [-0.1, -0.05) is 45.7 Å². The summed E-state index contributed by atoms with van der Waals surface area (Å²) in [5, 5.41) is 11.5. The van der Waals surface area contributed by atoms with Gasteiger partial charge in [-0.15, -0.1) is 0 Å². The first-order valence-electron chi connectivity index (χ1n) is 8.71. The standard InChI is InChI=1S/C22H14BrClN2O3/c23-15-5-3-4-14(12-15)19-18(20(27)13-7-9-16(24)10-8-13)21(28)22(29)26(19)17-6-1-2-11-25-17/h1-12,19,27H/b20-18-. The van der Waals surface area contributed by atoms with Crippen molar-refractivity contribution in [3.05, 3.63) is 99.1 Å². The number of carbonyl (C=O) groups excluding carboxylic acids is 2. The Balaban J connectivity index is 1.95. The number of halogens is 2. The number of pyridine rings is 1. The summed E-state index contributed by atoms with van der Waals surface area (Å²) in [5.74, 6) is -1.45.